The minimum absolute atomic E-state index is 0.0292. The summed E-state index contributed by atoms with van der Waals surface area (Å²) in [6.45, 7) is 1.60. The number of halogens is 2. The Hall–Kier alpha value is -3.11. The maximum Gasteiger partial charge on any atom is 0.160 e. The predicted molar refractivity (Wildman–Crippen MR) is 102 cm³/mol. The number of hydrogen-bond acceptors (Lipinski definition) is 8. The van der Waals surface area contributed by atoms with Crippen molar-refractivity contribution in [3.63, 3.8) is 0 Å². The van der Waals surface area contributed by atoms with Crippen LogP contribution < -0.4 is 10.6 Å². The Bertz CT molecular complexity index is 1040. The number of ether oxygens (including phenoxy) is 2. The molecule has 28 heavy (non-hydrogen) atoms. The average Bonchev–Trinajstić information content (AvgIpc) is 3.05. The van der Waals surface area contributed by atoms with E-state index >= 15 is 0 Å². The van der Waals surface area contributed by atoms with E-state index in [-0.39, 0.29) is 23.9 Å². The van der Waals surface area contributed by atoms with Crippen LogP contribution in [0.3, 0.4) is 0 Å². The fourth-order valence-corrected chi connectivity index (χ4v) is 2.80. The number of nitrogens with zero attached hydrogens (tertiary/aromatic N) is 5. The maximum atomic E-state index is 13.0. The van der Waals surface area contributed by atoms with Crippen LogP contribution in [0.25, 0.3) is 5.52 Å². The summed E-state index contributed by atoms with van der Waals surface area (Å²) in [4.78, 5) is 7.83. The van der Waals surface area contributed by atoms with E-state index in [1.54, 1.807) is 19.2 Å². The highest BCUT2D eigenvalue weighted by Crippen LogP contribution is 2.29. The summed E-state index contributed by atoms with van der Waals surface area (Å²) in [6.07, 6.45) is 4.59. The van der Waals surface area contributed by atoms with E-state index < -0.39 is 11.9 Å². The van der Waals surface area contributed by atoms with Crippen molar-refractivity contribution in [1.29, 1.82) is 5.41 Å². The molecular weight excluding hydrogens is 389 g/mol. The lowest BCUT2D eigenvalue weighted by molar-refractivity contribution is 0.0515. The molecular formula is C17H17ClFN7O2. The van der Waals surface area contributed by atoms with Gasteiger partial charge in [-0.2, -0.15) is 10.2 Å². The van der Waals surface area contributed by atoms with Crippen LogP contribution in [0.4, 0.5) is 4.39 Å². The van der Waals surface area contributed by atoms with Crippen LogP contribution >= 0.6 is 11.6 Å². The molecule has 0 saturated heterocycles. The van der Waals surface area contributed by atoms with Gasteiger partial charge in [0.25, 0.3) is 0 Å². The van der Waals surface area contributed by atoms with Gasteiger partial charge in [0.2, 0.25) is 0 Å². The van der Waals surface area contributed by atoms with E-state index in [9.17, 15) is 4.39 Å². The molecule has 0 spiro atoms. The molecule has 0 radical (unpaired) electrons. The summed E-state index contributed by atoms with van der Waals surface area (Å²) >= 11 is 6.23. The van der Waals surface area contributed by atoms with E-state index in [2.05, 4.69) is 20.2 Å². The third-order valence-corrected chi connectivity index (χ3v) is 4.17. The maximum absolute atomic E-state index is 13.0. The second kappa shape index (κ2) is 8.28. The highest BCUT2D eigenvalue weighted by atomic mass is 35.5. The SMILES string of the molecule is COC(COc1cc(/C(=N/N)C(C)=N)cn2ncc(Cl)c12)c1ncc(F)cn1. The van der Waals surface area contributed by atoms with Crippen LogP contribution in [0, 0.1) is 11.2 Å². The van der Waals surface area contributed by atoms with Crippen LogP contribution in [-0.2, 0) is 4.74 Å². The van der Waals surface area contributed by atoms with Gasteiger partial charge in [0, 0.05) is 18.9 Å². The van der Waals surface area contributed by atoms with Gasteiger partial charge >= 0.3 is 0 Å². The first-order valence-electron chi connectivity index (χ1n) is 8.08. The van der Waals surface area contributed by atoms with E-state index in [1.165, 1.54) is 17.8 Å². The van der Waals surface area contributed by atoms with Crippen LogP contribution in [0.1, 0.15) is 24.4 Å². The minimum atomic E-state index is -0.641. The fourth-order valence-electron chi connectivity index (χ4n) is 2.58. The van der Waals surface area contributed by atoms with Gasteiger partial charge in [-0.1, -0.05) is 11.6 Å². The van der Waals surface area contributed by atoms with Gasteiger partial charge in [0.15, 0.2) is 17.7 Å². The molecule has 3 aromatic heterocycles. The van der Waals surface area contributed by atoms with Crippen LogP contribution in [0.5, 0.6) is 5.75 Å². The Kier molecular flexibility index (Phi) is 5.81. The Morgan fingerprint density at radius 1 is 1.39 bits per heavy atom. The zero-order valence-electron chi connectivity index (χ0n) is 15.1. The predicted octanol–water partition coefficient (Wildman–Crippen LogP) is 2.39. The number of aromatic nitrogens is 4. The first-order valence-corrected chi connectivity index (χ1v) is 8.46. The molecule has 3 rings (SSSR count). The van der Waals surface area contributed by atoms with Crippen molar-refractivity contribution in [3.8, 4) is 5.75 Å². The zero-order valence-corrected chi connectivity index (χ0v) is 15.8. The van der Waals surface area contributed by atoms with Gasteiger partial charge in [-0.05, 0) is 13.0 Å². The Morgan fingerprint density at radius 2 is 2.11 bits per heavy atom. The molecule has 1 unspecified atom stereocenters. The number of rotatable bonds is 7. The number of pyridine rings is 1. The van der Waals surface area contributed by atoms with Crippen LogP contribution in [0.15, 0.2) is 36.0 Å². The van der Waals surface area contributed by atoms with Crippen molar-refractivity contribution in [2.75, 3.05) is 13.7 Å². The van der Waals surface area contributed by atoms with Gasteiger partial charge < -0.3 is 20.7 Å². The van der Waals surface area contributed by atoms with Crippen LogP contribution in [-0.4, -0.2) is 44.7 Å². The molecule has 0 amide bonds. The summed E-state index contributed by atoms with van der Waals surface area (Å²) < 4.78 is 25.8. The topological polar surface area (TPSA) is 124 Å². The Balaban J connectivity index is 1.95. The quantitative estimate of drug-likeness (QED) is 0.353. The lowest BCUT2D eigenvalue weighted by Gasteiger charge is -2.16. The second-order valence-electron chi connectivity index (χ2n) is 5.78. The molecule has 3 heterocycles. The van der Waals surface area contributed by atoms with Gasteiger partial charge in [0.05, 0.1) is 29.3 Å². The molecule has 0 aliphatic heterocycles. The third-order valence-electron chi connectivity index (χ3n) is 3.89. The zero-order chi connectivity index (χ0) is 20.3. The summed E-state index contributed by atoms with van der Waals surface area (Å²) in [6, 6.07) is 1.66. The molecule has 9 nitrogen and oxygen atoms in total. The van der Waals surface area contributed by atoms with Crippen LogP contribution in [0.2, 0.25) is 5.02 Å². The number of hydrogen-bond donors (Lipinski definition) is 2. The highest BCUT2D eigenvalue weighted by Gasteiger charge is 2.19. The number of fused-ring (bicyclic) bond motifs is 1. The first kappa shape index (κ1) is 19.6. The molecule has 146 valence electrons. The molecule has 0 aliphatic rings. The Morgan fingerprint density at radius 3 is 2.71 bits per heavy atom. The molecule has 3 aromatic rings. The van der Waals surface area contributed by atoms with Gasteiger partial charge in [-0.3, -0.25) is 0 Å². The molecule has 0 aromatic carbocycles. The summed E-state index contributed by atoms with van der Waals surface area (Å²) in [7, 11) is 1.47. The molecule has 0 saturated carbocycles. The number of hydrazone groups is 1. The van der Waals surface area contributed by atoms with Gasteiger partial charge in [0.1, 0.15) is 23.6 Å². The van der Waals surface area contributed by atoms with Crippen molar-refractivity contribution in [1.82, 2.24) is 19.6 Å². The normalized spacial score (nSPS) is 12.9. The van der Waals surface area contributed by atoms with Crippen molar-refractivity contribution in [2.24, 2.45) is 10.9 Å². The van der Waals surface area contributed by atoms with E-state index in [0.717, 1.165) is 12.4 Å². The van der Waals surface area contributed by atoms with Gasteiger partial charge in [-0.25, -0.2) is 18.9 Å². The lowest BCUT2D eigenvalue weighted by Crippen LogP contribution is -2.17. The van der Waals surface area contributed by atoms with Crippen molar-refractivity contribution in [2.45, 2.75) is 13.0 Å². The molecule has 1 atom stereocenters. The monoisotopic (exact) mass is 405 g/mol. The molecule has 0 fully saturated rings. The van der Waals surface area contributed by atoms with E-state index in [1.807, 2.05) is 0 Å². The van der Waals surface area contributed by atoms with E-state index in [0.29, 0.717) is 21.9 Å². The van der Waals surface area contributed by atoms with Crippen molar-refractivity contribution >= 4 is 28.5 Å². The third kappa shape index (κ3) is 3.92. The summed E-state index contributed by atoms with van der Waals surface area (Å²) in [5, 5.41) is 16.0. The molecule has 0 bridgehead atoms. The largest absolute Gasteiger partial charge is 0.488 e. The number of nitrogens with two attached hydrogens (primary N) is 1. The molecule has 3 N–H and O–H groups in total. The molecule has 11 heteroatoms. The Labute approximate surface area is 164 Å². The number of methoxy groups -OCH3 is 1. The highest BCUT2D eigenvalue weighted by molar-refractivity contribution is 6.46. The van der Waals surface area contributed by atoms with Crippen molar-refractivity contribution in [3.05, 3.63) is 53.1 Å². The number of nitrogens with one attached hydrogen (secondary N) is 1. The lowest BCUT2D eigenvalue weighted by atomic mass is 10.1. The van der Waals surface area contributed by atoms with Gasteiger partial charge in [-0.15, -0.1) is 0 Å². The summed E-state index contributed by atoms with van der Waals surface area (Å²) in [5.74, 6) is 5.53. The second-order valence-corrected chi connectivity index (χ2v) is 6.18. The smallest absolute Gasteiger partial charge is 0.160 e. The molecule has 0 aliphatic carbocycles. The average molecular weight is 406 g/mol. The standard InChI is InChI=1S/C17H17ClFN7O2/c1-9(20)15(25-21)10-3-13(16-12(18)6-24-26(16)7-10)28-8-14(27-2)17-22-4-11(19)5-23-17/h3-7,14,20H,8,21H2,1-2H3/b20-9?,25-15+. The minimum Gasteiger partial charge on any atom is -0.488 e. The fraction of sp³-hybridized carbons (Fsp3) is 0.235. The first-order chi connectivity index (χ1) is 13.4. The van der Waals surface area contributed by atoms with E-state index in [4.69, 9.17) is 32.3 Å². The summed E-state index contributed by atoms with van der Waals surface area (Å²) in [5.41, 5.74) is 1.52. The van der Waals surface area contributed by atoms with Crippen molar-refractivity contribution < 1.29 is 13.9 Å².